The minimum Gasteiger partial charge on any atom is -0.396 e. The van der Waals surface area contributed by atoms with Crippen molar-refractivity contribution in [2.24, 2.45) is 0 Å². The number of para-hydroxylation sites is 1. The first-order valence-corrected chi connectivity index (χ1v) is 6.21. The van der Waals surface area contributed by atoms with Crippen LogP contribution in [0.25, 0.3) is 10.9 Å². The molecular weight excluding hydrogens is 206 g/mol. The zero-order valence-electron chi connectivity index (χ0n) is 8.52. The van der Waals surface area contributed by atoms with E-state index in [0.29, 0.717) is 0 Å². The predicted octanol–water partition coefficient (Wildman–Crippen LogP) is 2.17. The van der Waals surface area contributed by atoms with E-state index < -0.39 is 0 Å². The molecule has 0 atom stereocenters. The Balaban J connectivity index is 2.02. The summed E-state index contributed by atoms with van der Waals surface area (Å²) < 4.78 is 2.21. The van der Waals surface area contributed by atoms with Gasteiger partial charge >= 0.3 is 0 Å². The smallest absolute Gasteiger partial charge is 0.0521 e. The maximum Gasteiger partial charge on any atom is 0.0521 e. The monoisotopic (exact) mass is 220 g/mol. The van der Waals surface area contributed by atoms with Crippen LogP contribution in [0.5, 0.6) is 0 Å². The molecule has 1 N–H and O–H groups in total. The van der Waals surface area contributed by atoms with Crippen LogP contribution in [0.3, 0.4) is 0 Å². The van der Waals surface area contributed by atoms with Crippen LogP contribution >= 0.6 is 11.8 Å². The van der Waals surface area contributed by atoms with Gasteiger partial charge in [-0.15, -0.1) is 0 Å². The lowest BCUT2D eigenvalue weighted by Crippen LogP contribution is -1.99. The quantitative estimate of drug-likeness (QED) is 0.781. The number of aromatic nitrogens is 1. The van der Waals surface area contributed by atoms with Gasteiger partial charge in [0.2, 0.25) is 0 Å². The van der Waals surface area contributed by atoms with Crippen molar-refractivity contribution < 1.29 is 5.11 Å². The zero-order chi connectivity index (χ0) is 10.5. The van der Waals surface area contributed by atoms with Crippen LogP contribution in [0.15, 0.2) is 30.5 Å². The van der Waals surface area contributed by atoms with Crippen LogP contribution in [0, 0.1) is 6.07 Å². The number of rotatable bonds is 5. The Morgan fingerprint density at radius 2 is 2.13 bits per heavy atom. The second kappa shape index (κ2) is 5.24. The molecule has 0 unspecified atom stereocenters. The van der Waals surface area contributed by atoms with E-state index in [1.807, 2.05) is 18.3 Å². The normalized spacial score (nSPS) is 11.0. The van der Waals surface area contributed by atoms with Crippen LogP contribution in [-0.4, -0.2) is 27.8 Å². The number of hydrogen-bond acceptors (Lipinski definition) is 2. The van der Waals surface area contributed by atoms with Gasteiger partial charge in [-0.1, -0.05) is 18.2 Å². The summed E-state index contributed by atoms with van der Waals surface area (Å²) in [6.07, 6.45) is 2.00. The molecule has 0 aliphatic rings. The largest absolute Gasteiger partial charge is 0.396 e. The molecule has 0 amide bonds. The summed E-state index contributed by atoms with van der Waals surface area (Å²) in [6.45, 7) is 1.25. The molecule has 0 aliphatic carbocycles. The molecule has 2 aromatic rings. The third kappa shape index (κ3) is 2.55. The molecule has 1 aromatic heterocycles. The molecule has 0 aliphatic heterocycles. The Hall–Kier alpha value is -0.930. The van der Waals surface area contributed by atoms with Crippen molar-refractivity contribution in [1.29, 1.82) is 0 Å². The molecular formula is C12H14NOS. The molecule has 2 rings (SSSR count). The second-order valence-corrected chi connectivity index (χ2v) is 4.54. The SMILES string of the molecule is OCCSCCn1c[c]c2ccccc21. The molecule has 0 fully saturated rings. The van der Waals surface area contributed by atoms with Gasteiger partial charge in [-0.05, 0) is 6.07 Å². The Labute approximate surface area is 93.9 Å². The maximum atomic E-state index is 8.66. The summed E-state index contributed by atoms with van der Waals surface area (Å²) in [7, 11) is 0. The van der Waals surface area contributed by atoms with Gasteiger partial charge in [-0.3, -0.25) is 0 Å². The number of hydrogen-bond donors (Lipinski definition) is 1. The van der Waals surface area contributed by atoms with Crippen molar-refractivity contribution in [1.82, 2.24) is 4.57 Å². The van der Waals surface area contributed by atoms with Crippen LogP contribution < -0.4 is 0 Å². The third-order valence-electron chi connectivity index (χ3n) is 2.30. The van der Waals surface area contributed by atoms with Gasteiger partial charge in [-0.25, -0.2) is 0 Å². The molecule has 79 valence electrons. The molecule has 1 heterocycles. The highest BCUT2D eigenvalue weighted by atomic mass is 32.2. The number of aliphatic hydroxyl groups excluding tert-OH is 1. The number of aryl methyl sites for hydroxylation is 1. The Morgan fingerprint density at radius 1 is 1.27 bits per heavy atom. The molecule has 3 heteroatoms. The van der Waals surface area contributed by atoms with Gasteiger partial charge in [0.25, 0.3) is 0 Å². The van der Waals surface area contributed by atoms with Crippen molar-refractivity contribution >= 4 is 22.7 Å². The molecule has 0 saturated carbocycles. The highest BCUT2D eigenvalue weighted by Gasteiger charge is 1.99. The first-order chi connectivity index (χ1) is 7.42. The van der Waals surface area contributed by atoms with E-state index in [1.165, 1.54) is 10.9 Å². The van der Waals surface area contributed by atoms with Crippen LogP contribution in [0.1, 0.15) is 0 Å². The number of thioether (sulfide) groups is 1. The predicted molar refractivity (Wildman–Crippen MR) is 65.2 cm³/mol. The first-order valence-electron chi connectivity index (χ1n) is 5.06. The van der Waals surface area contributed by atoms with E-state index in [4.69, 9.17) is 5.11 Å². The molecule has 1 aromatic carbocycles. The minimum atomic E-state index is 0.267. The van der Waals surface area contributed by atoms with Gasteiger partial charge in [0.15, 0.2) is 0 Å². The van der Waals surface area contributed by atoms with Crippen molar-refractivity contribution in [3.05, 3.63) is 36.5 Å². The second-order valence-electron chi connectivity index (χ2n) is 3.32. The summed E-state index contributed by atoms with van der Waals surface area (Å²) in [5.41, 5.74) is 1.24. The van der Waals surface area contributed by atoms with Gasteiger partial charge < -0.3 is 9.67 Å². The zero-order valence-corrected chi connectivity index (χ0v) is 9.33. The summed E-state index contributed by atoms with van der Waals surface area (Å²) in [5.74, 6) is 1.86. The summed E-state index contributed by atoms with van der Waals surface area (Å²) in [4.78, 5) is 0. The average molecular weight is 220 g/mol. The lowest BCUT2D eigenvalue weighted by atomic mass is 10.2. The minimum absolute atomic E-state index is 0.267. The van der Waals surface area contributed by atoms with E-state index >= 15 is 0 Å². The maximum absolute atomic E-state index is 8.66. The highest BCUT2D eigenvalue weighted by Crippen LogP contribution is 2.15. The molecule has 0 bridgehead atoms. The fraction of sp³-hybridized carbons (Fsp3) is 0.333. The summed E-state index contributed by atoms with van der Waals surface area (Å²) in [6, 6.07) is 11.5. The lowest BCUT2D eigenvalue weighted by Gasteiger charge is -2.04. The summed E-state index contributed by atoms with van der Waals surface area (Å²) >= 11 is 1.78. The highest BCUT2D eigenvalue weighted by molar-refractivity contribution is 7.99. The van der Waals surface area contributed by atoms with Crippen molar-refractivity contribution in [3.8, 4) is 0 Å². The lowest BCUT2D eigenvalue weighted by molar-refractivity contribution is 0.322. The van der Waals surface area contributed by atoms with Gasteiger partial charge in [-0.2, -0.15) is 11.8 Å². The van der Waals surface area contributed by atoms with Crippen molar-refractivity contribution in [3.63, 3.8) is 0 Å². The molecule has 2 nitrogen and oxygen atoms in total. The summed E-state index contributed by atoms with van der Waals surface area (Å²) in [5, 5.41) is 9.83. The standard InChI is InChI=1S/C12H14NOS/c14-8-10-15-9-7-13-6-5-11-3-1-2-4-12(11)13/h1-4,6,14H,7-10H2. The fourth-order valence-corrected chi connectivity index (χ4v) is 2.24. The van der Waals surface area contributed by atoms with E-state index in [0.717, 1.165) is 18.1 Å². The first kappa shape index (κ1) is 10.6. The Morgan fingerprint density at radius 3 is 3.00 bits per heavy atom. The van der Waals surface area contributed by atoms with Crippen LogP contribution in [0.4, 0.5) is 0 Å². The molecule has 0 spiro atoms. The van der Waals surface area contributed by atoms with Crippen molar-refractivity contribution in [2.45, 2.75) is 6.54 Å². The number of nitrogens with zero attached hydrogens (tertiary/aromatic N) is 1. The Kier molecular flexibility index (Phi) is 3.69. The van der Waals surface area contributed by atoms with Crippen LogP contribution in [0.2, 0.25) is 0 Å². The number of aliphatic hydroxyl groups is 1. The average Bonchev–Trinajstić information content (AvgIpc) is 2.68. The fourth-order valence-electron chi connectivity index (χ4n) is 1.58. The van der Waals surface area contributed by atoms with Gasteiger partial charge in [0, 0.05) is 41.2 Å². The van der Waals surface area contributed by atoms with Crippen LogP contribution in [-0.2, 0) is 6.54 Å². The number of fused-ring (bicyclic) bond motifs is 1. The van der Waals surface area contributed by atoms with E-state index in [-0.39, 0.29) is 6.61 Å². The van der Waals surface area contributed by atoms with E-state index in [2.05, 4.69) is 22.8 Å². The molecule has 0 saturated heterocycles. The molecule has 1 radical (unpaired) electrons. The Bertz CT molecular complexity index is 424. The van der Waals surface area contributed by atoms with Gasteiger partial charge in [0.1, 0.15) is 0 Å². The third-order valence-corrected chi connectivity index (χ3v) is 3.24. The topological polar surface area (TPSA) is 25.2 Å². The number of benzene rings is 1. The molecule has 15 heavy (non-hydrogen) atoms. The van der Waals surface area contributed by atoms with Crippen molar-refractivity contribution in [2.75, 3.05) is 18.1 Å². The van der Waals surface area contributed by atoms with E-state index in [9.17, 15) is 0 Å². The van der Waals surface area contributed by atoms with Gasteiger partial charge in [0.05, 0.1) is 6.61 Å². The van der Waals surface area contributed by atoms with E-state index in [1.54, 1.807) is 11.8 Å².